The first-order valence-corrected chi connectivity index (χ1v) is 7.28. The molecule has 106 valence electrons. The predicted molar refractivity (Wildman–Crippen MR) is 72.7 cm³/mol. The molecule has 1 fully saturated rings. The highest BCUT2D eigenvalue weighted by atomic mass is 16.4. The van der Waals surface area contributed by atoms with Gasteiger partial charge in [0.25, 0.3) is 0 Å². The average molecular weight is 265 g/mol. The highest BCUT2D eigenvalue weighted by molar-refractivity contribution is 5.79. The van der Waals surface area contributed by atoms with Crippen molar-refractivity contribution >= 4 is 11.9 Å². The molecule has 1 heterocycles. The second kappa shape index (κ2) is 6.22. The summed E-state index contributed by atoms with van der Waals surface area (Å²) in [4.78, 5) is 25.1. The van der Waals surface area contributed by atoms with Crippen LogP contribution in [0.4, 0.5) is 0 Å². The van der Waals surface area contributed by atoms with E-state index < -0.39 is 5.97 Å². The van der Waals surface area contributed by atoms with Gasteiger partial charge in [0.1, 0.15) is 0 Å². The highest BCUT2D eigenvalue weighted by Crippen LogP contribution is 2.26. The molecule has 0 aromatic carbocycles. The SMILES string of the molecule is CC1CC(C(=O)O)CCN1C(=O)CC1=CCCCC1. The van der Waals surface area contributed by atoms with Crippen molar-refractivity contribution in [3.05, 3.63) is 11.6 Å². The van der Waals surface area contributed by atoms with Gasteiger partial charge in [0.2, 0.25) is 5.91 Å². The van der Waals surface area contributed by atoms with E-state index in [9.17, 15) is 9.59 Å². The van der Waals surface area contributed by atoms with Crippen LogP contribution in [0, 0.1) is 5.92 Å². The topological polar surface area (TPSA) is 57.6 Å². The fourth-order valence-corrected chi connectivity index (χ4v) is 3.13. The largest absolute Gasteiger partial charge is 0.481 e. The van der Waals surface area contributed by atoms with Crippen LogP contribution < -0.4 is 0 Å². The molecule has 2 atom stereocenters. The lowest BCUT2D eigenvalue weighted by Crippen LogP contribution is -2.46. The van der Waals surface area contributed by atoms with Crippen LogP contribution in [0.1, 0.15) is 51.9 Å². The second-order valence-electron chi connectivity index (χ2n) is 5.78. The fourth-order valence-electron chi connectivity index (χ4n) is 3.13. The van der Waals surface area contributed by atoms with Gasteiger partial charge in [0.05, 0.1) is 5.92 Å². The summed E-state index contributed by atoms with van der Waals surface area (Å²) in [5, 5.41) is 9.03. The van der Waals surface area contributed by atoms with Crippen LogP contribution in [0.3, 0.4) is 0 Å². The molecule has 0 bridgehead atoms. The summed E-state index contributed by atoms with van der Waals surface area (Å²) in [5.74, 6) is -0.841. The standard InChI is InChI=1S/C15H23NO3/c1-11-9-13(15(18)19)7-8-16(11)14(17)10-12-5-3-2-4-6-12/h5,11,13H,2-4,6-10H2,1H3,(H,18,19). The van der Waals surface area contributed by atoms with Crippen molar-refractivity contribution in [2.45, 2.75) is 57.9 Å². The lowest BCUT2D eigenvalue weighted by atomic mass is 9.90. The molecule has 1 aliphatic carbocycles. The van der Waals surface area contributed by atoms with E-state index in [1.807, 2.05) is 11.8 Å². The Hall–Kier alpha value is -1.32. The molecule has 2 rings (SSSR count). The van der Waals surface area contributed by atoms with Crippen molar-refractivity contribution in [1.29, 1.82) is 0 Å². The van der Waals surface area contributed by atoms with Gasteiger partial charge in [-0.25, -0.2) is 0 Å². The van der Waals surface area contributed by atoms with Gasteiger partial charge >= 0.3 is 5.97 Å². The number of carboxylic acid groups (broad SMARTS) is 1. The first kappa shape index (κ1) is 14.1. The zero-order valence-electron chi connectivity index (χ0n) is 11.6. The summed E-state index contributed by atoms with van der Waals surface area (Å²) in [6, 6.07) is 0.0477. The van der Waals surface area contributed by atoms with E-state index >= 15 is 0 Å². The number of carboxylic acids is 1. The summed E-state index contributed by atoms with van der Waals surface area (Å²) in [6.07, 6.45) is 8.47. The number of nitrogens with zero attached hydrogens (tertiary/aromatic N) is 1. The van der Waals surface area contributed by atoms with Crippen molar-refractivity contribution in [2.24, 2.45) is 5.92 Å². The van der Waals surface area contributed by atoms with Crippen LogP contribution >= 0.6 is 0 Å². The molecule has 2 aliphatic rings. The van der Waals surface area contributed by atoms with Crippen LogP contribution in [0.2, 0.25) is 0 Å². The molecule has 19 heavy (non-hydrogen) atoms. The number of carbonyl (C=O) groups excluding carboxylic acids is 1. The summed E-state index contributed by atoms with van der Waals surface area (Å²) in [6.45, 7) is 2.55. The Labute approximate surface area is 114 Å². The predicted octanol–water partition coefficient (Wildman–Crippen LogP) is 2.59. The van der Waals surface area contributed by atoms with E-state index in [2.05, 4.69) is 6.08 Å². The first-order valence-electron chi connectivity index (χ1n) is 7.28. The fraction of sp³-hybridized carbons (Fsp3) is 0.733. The average Bonchev–Trinajstić information content (AvgIpc) is 2.39. The van der Waals surface area contributed by atoms with Gasteiger partial charge in [-0.15, -0.1) is 0 Å². The molecule has 1 saturated heterocycles. The Bertz CT molecular complexity index is 389. The molecule has 4 nitrogen and oxygen atoms in total. The lowest BCUT2D eigenvalue weighted by molar-refractivity contribution is -0.147. The van der Waals surface area contributed by atoms with E-state index in [1.54, 1.807) is 0 Å². The molecular formula is C15H23NO3. The van der Waals surface area contributed by atoms with Crippen LogP contribution in [0.15, 0.2) is 11.6 Å². The van der Waals surface area contributed by atoms with Crippen molar-refractivity contribution < 1.29 is 14.7 Å². The van der Waals surface area contributed by atoms with Gasteiger partial charge in [0, 0.05) is 19.0 Å². The minimum Gasteiger partial charge on any atom is -0.481 e. The monoisotopic (exact) mass is 265 g/mol. The molecule has 0 radical (unpaired) electrons. The van der Waals surface area contributed by atoms with Crippen LogP contribution in [-0.2, 0) is 9.59 Å². The van der Waals surface area contributed by atoms with Crippen LogP contribution in [0.5, 0.6) is 0 Å². The molecule has 1 aliphatic heterocycles. The molecule has 0 aromatic rings. The molecule has 1 amide bonds. The molecule has 2 unspecified atom stereocenters. The number of amides is 1. The number of aliphatic carboxylic acids is 1. The molecule has 0 aromatic heterocycles. The van der Waals surface area contributed by atoms with E-state index in [1.165, 1.54) is 18.4 Å². The maximum atomic E-state index is 12.3. The van der Waals surface area contributed by atoms with Gasteiger partial charge in [-0.05, 0) is 45.4 Å². The Morgan fingerprint density at radius 3 is 2.79 bits per heavy atom. The third-order valence-corrected chi connectivity index (χ3v) is 4.31. The number of hydrogen-bond donors (Lipinski definition) is 1. The van der Waals surface area contributed by atoms with Gasteiger partial charge in [-0.3, -0.25) is 9.59 Å². The summed E-state index contributed by atoms with van der Waals surface area (Å²) >= 11 is 0. The minimum absolute atomic E-state index is 0.0477. The van der Waals surface area contributed by atoms with Crippen molar-refractivity contribution in [1.82, 2.24) is 4.90 Å². The first-order chi connectivity index (χ1) is 9.08. The van der Waals surface area contributed by atoms with Crippen molar-refractivity contribution in [2.75, 3.05) is 6.54 Å². The number of carbonyl (C=O) groups is 2. The minimum atomic E-state index is -0.728. The number of piperidine rings is 1. The van der Waals surface area contributed by atoms with Gasteiger partial charge < -0.3 is 10.0 Å². The van der Waals surface area contributed by atoms with Gasteiger partial charge in [-0.1, -0.05) is 11.6 Å². The van der Waals surface area contributed by atoms with E-state index in [0.29, 0.717) is 25.8 Å². The van der Waals surface area contributed by atoms with Crippen LogP contribution in [-0.4, -0.2) is 34.5 Å². The zero-order valence-corrected chi connectivity index (χ0v) is 11.6. The maximum absolute atomic E-state index is 12.3. The van der Waals surface area contributed by atoms with Gasteiger partial charge in [0.15, 0.2) is 0 Å². The van der Waals surface area contributed by atoms with Gasteiger partial charge in [-0.2, -0.15) is 0 Å². The quantitative estimate of drug-likeness (QED) is 0.798. The number of allylic oxidation sites excluding steroid dienone is 1. The van der Waals surface area contributed by atoms with Crippen LogP contribution in [0.25, 0.3) is 0 Å². The Morgan fingerprint density at radius 1 is 1.42 bits per heavy atom. The molecule has 0 saturated carbocycles. The molecule has 0 spiro atoms. The molecular weight excluding hydrogens is 242 g/mol. The van der Waals surface area contributed by atoms with E-state index in [4.69, 9.17) is 5.11 Å². The third-order valence-electron chi connectivity index (χ3n) is 4.31. The number of hydrogen-bond acceptors (Lipinski definition) is 2. The molecule has 1 N–H and O–H groups in total. The van der Waals surface area contributed by atoms with Crippen molar-refractivity contribution in [3.8, 4) is 0 Å². The number of likely N-dealkylation sites (tertiary alicyclic amines) is 1. The Balaban J connectivity index is 1.89. The summed E-state index contributed by atoms with van der Waals surface area (Å²) in [5.41, 5.74) is 1.27. The van der Waals surface area contributed by atoms with Crippen molar-refractivity contribution in [3.63, 3.8) is 0 Å². The van der Waals surface area contributed by atoms with E-state index in [0.717, 1.165) is 12.8 Å². The Morgan fingerprint density at radius 2 is 2.21 bits per heavy atom. The maximum Gasteiger partial charge on any atom is 0.306 e. The smallest absolute Gasteiger partial charge is 0.306 e. The molecule has 4 heteroatoms. The zero-order chi connectivity index (χ0) is 13.8. The Kier molecular flexibility index (Phi) is 4.61. The summed E-state index contributed by atoms with van der Waals surface area (Å²) in [7, 11) is 0. The lowest BCUT2D eigenvalue weighted by Gasteiger charge is -2.36. The van der Waals surface area contributed by atoms with E-state index in [-0.39, 0.29) is 17.9 Å². The second-order valence-corrected chi connectivity index (χ2v) is 5.78. The highest BCUT2D eigenvalue weighted by Gasteiger charge is 2.32. The number of rotatable bonds is 3. The third kappa shape index (κ3) is 3.58. The normalized spacial score (nSPS) is 27.8. The summed E-state index contributed by atoms with van der Waals surface area (Å²) < 4.78 is 0.